The van der Waals surface area contributed by atoms with Crippen LogP contribution in [0.2, 0.25) is 0 Å². The number of pyridine rings is 1. The maximum Gasteiger partial charge on any atom is 0.261 e. The summed E-state index contributed by atoms with van der Waals surface area (Å²) in [6.07, 6.45) is 1.63. The number of benzene rings is 2. The topological polar surface area (TPSA) is 68.3 Å². The summed E-state index contributed by atoms with van der Waals surface area (Å²) in [7, 11) is -2.17. The molecular weight excluding hydrogens is 324 g/mol. The smallest absolute Gasteiger partial charge is 0.261 e. The summed E-state index contributed by atoms with van der Waals surface area (Å²) in [4.78, 5) is 4.50. The summed E-state index contributed by atoms with van der Waals surface area (Å²) in [5, 5.41) is 0.801. The van der Waals surface area contributed by atoms with Crippen LogP contribution in [0.25, 0.3) is 10.9 Å². The number of fused-ring (bicyclic) bond motifs is 1. The van der Waals surface area contributed by atoms with Crippen LogP contribution in [0.4, 0.5) is 5.69 Å². The Balaban J connectivity index is 2.09. The highest BCUT2D eigenvalue weighted by atomic mass is 32.2. The highest BCUT2D eigenvalue weighted by molar-refractivity contribution is 7.92. The van der Waals surface area contributed by atoms with Crippen molar-refractivity contribution in [1.82, 2.24) is 4.98 Å². The van der Waals surface area contributed by atoms with Crippen LogP contribution in [0.5, 0.6) is 5.75 Å². The zero-order valence-electron chi connectivity index (χ0n) is 13.7. The molecule has 24 heavy (non-hydrogen) atoms. The summed E-state index contributed by atoms with van der Waals surface area (Å²) < 4.78 is 33.3. The zero-order chi connectivity index (χ0) is 17.3. The number of nitrogens with zero attached hydrogens (tertiary/aromatic N) is 1. The number of methoxy groups -OCH3 is 1. The number of aryl methyl sites for hydroxylation is 2. The molecule has 0 fully saturated rings. The zero-order valence-corrected chi connectivity index (χ0v) is 14.5. The third-order valence-electron chi connectivity index (χ3n) is 3.95. The molecule has 0 bridgehead atoms. The summed E-state index contributed by atoms with van der Waals surface area (Å²) in [5.41, 5.74) is 2.93. The van der Waals surface area contributed by atoms with Crippen molar-refractivity contribution in [1.29, 1.82) is 0 Å². The molecule has 1 N–H and O–H groups in total. The Labute approximate surface area is 141 Å². The summed E-state index contributed by atoms with van der Waals surface area (Å²) >= 11 is 0. The molecule has 0 radical (unpaired) electrons. The van der Waals surface area contributed by atoms with Gasteiger partial charge in [0.2, 0.25) is 0 Å². The van der Waals surface area contributed by atoms with Gasteiger partial charge in [-0.15, -0.1) is 0 Å². The van der Waals surface area contributed by atoms with Crippen LogP contribution >= 0.6 is 0 Å². The van der Waals surface area contributed by atoms with Gasteiger partial charge in [-0.3, -0.25) is 9.71 Å². The van der Waals surface area contributed by atoms with Gasteiger partial charge in [0.25, 0.3) is 10.0 Å². The fourth-order valence-electron chi connectivity index (χ4n) is 2.45. The first kappa shape index (κ1) is 16.3. The van der Waals surface area contributed by atoms with Crippen molar-refractivity contribution in [2.24, 2.45) is 0 Å². The molecular formula is C18H18N2O3S. The number of rotatable bonds is 4. The normalized spacial score (nSPS) is 11.5. The van der Waals surface area contributed by atoms with E-state index in [4.69, 9.17) is 4.74 Å². The molecule has 3 aromatic rings. The Morgan fingerprint density at radius 1 is 1.04 bits per heavy atom. The lowest BCUT2D eigenvalue weighted by Crippen LogP contribution is -2.14. The Hall–Kier alpha value is -2.60. The lowest BCUT2D eigenvalue weighted by Gasteiger charge is -2.13. The number of sulfonamides is 1. The SMILES string of the molecule is COc1cc(NS(=O)(=O)c2ccc(C)c(C)c2)c2ncccc2c1. The summed E-state index contributed by atoms with van der Waals surface area (Å²) in [6, 6.07) is 12.2. The lowest BCUT2D eigenvalue weighted by atomic mass is 10.1. The van der Waals surface area contributed by atoms with Crippen molar-refractivity contribution < 1.29 is 13.2 Å². The van der Waals surface area contributed by atoms with Crippen LogP contribution in [0.3, 0.4) is 0 Å². The van der Waals surface area contributed by atoms with Crippen molar-refractivity contribution in [2.45, 2.75) is 18.7 Å². The molecule has 0 unspecified atom stereocenters. The molecule has 3 rings (SSSR count). The van der Waals surface area contributed by atoms with Gasteiger partial charge in [-0.1, -0.05) is 12.1 Å². The first-order valence-corrected chi connectivity index (χ1v) is 8.92. The highest BCUT2D eigenvalue weighted by Crippen LogP contribution is 2.29. The number of aromatic nitrogens is 1. The van der Waals surface area contributed by atoms with Crippen LogP contribution in [0.1, 0.15) is 11.1 Å². The van der Waals surface area contributed by atoms with Gasteiger partial charge in [0.1, 0.15) is 5.75 Å². The standard InChI is InChI=1S/C18H18N2O3S/c1-12-6-7-16(9-13(12)2)24(21,22)20-17-11-15(23-3)10-14-5-4-8-19-18(14)17/h4-11,20H,1-3H3. The van der Waals surface area contributed by atoms with Crippen LogP contribution in [-0.4, -0.2) is 20.5 Å². The van der Waals surface area contributed by atoms with Crippen LogP contribution in [0, 0.1) is 13.8 Å². The molecule has 0 atom stereocenters. The van der Waals surface area contributed by atoms with E-state index in [2.05, 4.69) is 9.71 Å². The van der Waals surface area contributed by atoms with Gasteiger partial charge in [0, 0.05) is 17.6 Å². The molecule has 0 saturated heterocycles. The van der Waals surface area contributed by atoms with Gasteiger partial charge in [-0.05, 0) is 49.2 Å². The second kappa shape index (κ2) is 6.13. The van der Waals surface area contributed by atoms with E-state index >= 15 is 0 Å². The largest absolute Gasteiger partial charge is 0.497 e. The Bertz CT molecular complexity index is 1010. The maximum atomic E-state index is 12.7. The van der Waals surface area contributed by atoms with E-state index in [9.17, 15) is 8.42 Å². The number of hydrogen-bond donors (Lipinski definition) is 1. The molecule has 6 heteroatoms. The van der Waals surface area contributed by atoms with Crippen molar-refractivity contribution in [2.75, 3.05) is 11.8 Å². The number of ether oxygens (including phenoxy) is 1. The molecule has 5 nitrogen and oxygen atoms in total. The maximum absolute atomic E-state index is 12.7. The molecule has 0 aliphatic rings. The minimum absolute atomic E-state index is 0.220. The van der Waals surface area contributed by atoms with Gasteiger partial charge >= 0.3 is 0 Å². The highest BCUT2D eigenvalue weighted by Gasteiger charge is 2.17. The molecule has 0 aliphatic carbocycles. The molecule has 1 heterocycles. The van der Waals surface area contributed by atoms with E-state index < -0.39 is 10.0 Å². The second-order valence-electron chi connectivity index (χ2n) is 5.60. The predicted molar refractivity (Wildman–Crippen MR) is 95.0 cm³/mol. The van der Waals surface area contributed by atoms with Gasteiger partial charge in [-0.2, -0.15) is 0 Å². The van der Waals surface area contributed by atoms with Crippen molar-refractivity contribution in [3.8, 4) is 5.75 Å². The van der Waals surface area contributed by atoms with E-state index in [0.29, 0.717) is 17.0 Å². The van der Waals surface area contributed by atoms with E-state index in [-0.39, 0.29) is 4.90 Å². The third-order valence-corrected chi connectivity index (χ3v) is 5.31. The molecule has 0 amide bonds. The second-order valence-corrected chi connectivity index (χ2v) is 7.28. The van der Waals surface area contributed by atoms with E-state index in [0.717, 1.165) is 16.5 Å². The van der Waals surface area contributed by atoms with Gasteiger partial charge < -0.3 is 4.74 Å². The first-order chi connectivity index (χ1) is 11.4. The molecule has 0 spiro atoms. The minimum Gasteiger partial charge on any atom is -0.497 e. The Kier molecular flexibility index (Phi) is 4.15. The molecule has 0 aliphatic heterocycles. The fourth-order valence-corrected chi connectivity index (χ4v) is 3.59. The average Bonchev–Trinajstić information content (AvgIpc) is 2.56. The summed E-state index contributed by atoms with van der Waals surface area (Å²) in [6.45, 7) is 3.83. The van der Waals surface area contributed by atoms with Gasteiger partial charge in [-0.25, -0.2) is 8.42 Å². The molecule has 2 aromatic carbocycles. The Morgan fingerprint density at radius 3 is 2.54 bits per heavy atom. The quantitative estimate of drug-likeness (QED) is 0.785. The van der Waals surface area contributed by atoms with E-state index in [1.165, 1.54) is 0 Å². The van der Waals surface area contributed by atoms with E-state index in [1.807, 2.05) is 26.0 Å². The van der Waals surface area contributed by atoms with Crippen LogP contribution in [0.15, 0.2) is 53.6 Å². The predicted octanol–water partition coefficient (Wildman–Crippen LogP) is 3.66. The van der Waals surface area contributed by atoms with Crippen LogP contribution in [-0.2, 0) is 10.0 Å². The third kappa shape index (κ3) is 3.05. The molecule has 0 saturated carbocycles. The number of anilines is 1. The Morgan fingerprint density at radius 2 is 1.83 bits per heavy atom. The van der Waals surface area contributed by atoms with Gasteiger partial charge in [0.05, 0.1) is 23.2 Å². The molecule has 124 valence electrons. The number of hydrogen-bond acceptors (Lipinski definition) is 4. The van der Waals surface area contributed by atoms with Crippen molar-refractivity contribution in [3.05, 3.63) is 59.8 Å². The first-order valence-electron chi connectivity index (χ1n) is 7.43. The monoisotopic (exact) mass is 342 g/mol. The van der Waals surface area contributed by atoms with Crippen LogP contribution < -0.4 is 9.46 Å². The summed E-state index contributed by atoms with van der Waals surface area (Å²) in [5.74, 6) is 0.563. The fraction of sp³-hybridized carbons (Fsp3) is 0.167. The number of nitrogens with one attached hydrogen (secondary N) is 1. The average molecular weight is 342 g/mol. The minimum atomic E-state index is -3.71. The van der Waals surface area contributed by atoms with Crippen molar-refractivity contribution >= 4 is 26.6 Å². The lowest BCUT2D eigenvalue weighted by molar-refractivity contribution is 0.415. The molecule has 1 aromatic heterocycles. The van der Waals surface area contributed by atoms with Crippen molar-refractivity contribution in [3.63, 3.8) is 0 Å². The van der Waals surface area contributed by atoms with E-state index in [1.54, 1.807) is 43.6 Å². The van der Waals surface area contributed by atoms with Gasteiger partial charge in [0.15, 0.2) is 0 Å².